The zero-order chi connectivity index (χ0) is 16.3. The van der Waals surface area contributed by atoms with Crippen LogP contribution < -0.4 is 5.73 Å². The number of nitrogens with zero attached hydrogens (tertiary/aromatic N) is 4. The van der Waals surface area contributed by atoms with Crippen LogP contribution >= 0.6 is 11.3 Å². The lowest BCUT2D eigenvalue weighted by molar-refractivity contribution is -0.385. The summed E-state index contributed by atoms with van der Waals surface area (Å²) in [5, 5.41) is 20.1. The summed E-state index contributed by atoms with van der Waals surface area (Å²) in [6, 6.07) is 2.66. The lowest BCUT2D eigenvalue weighted by Crippen LogP contribution is -2.20. The first-order valence-electron chi connectivity index (χ1n) is 6.18. The fourth-order valence-electron chi connectivity index (χ4n) is 1.60. The Balaban J connectivity index is 2.08. The summed E-state index contributed by atoms with van der Waals surface area (Å²) < 4.78 is 1.16. The molecule has 0 radical (unpaired) electrons. The second kappa shape index (κ2) is 6.35. The Kier molecular flexibility index (Phi) is 4.51. The Labute approximate surface area is 129 Å². The third-order valence-electron chi connectivity index (χ3n) is 2.83. The van der Waals surface area contributed by atoms with E-state index in [1.165, 1.54) is 31.4 Å². The van der Waals surface area contributed by atoms with Crippen molar-refractivity contribution in [2.24, 2.45) is 10.9 Å². The van der Waals surface area contributed by atoms with E-state index >= 15 is 0 Å². The summed E-state index contributed by atoms with van der Waals surface area (Å²) in [5.74, 6) is -0.643. The highest BCUT2D eigenvalue weighted by Crippen LogP contribution is 2.19. The molecule has 0 aromatic carbocycles. The molecule has 0 spiro atoms. The van der Waals surface area contributed by atoms with Crippen molar-refractivity contribution in [2.45, 2.75) is 19.9 Å². The number of oxime groups is 1. The fourth-order valence-corrected chi connectivity index (χ4v) is 2.22. The fraction of sp³-hybridized carbons (Fsp3) is 0.250. The minimum absolute atomic E-state index is 0.0816. The number of rotatable bonds is 5. The Morgan fingerprint density at radius 3 is 2.91 bits per heavy atom. The number of hydrogen-bond donors (Lipinski definition) is 1. The normalized spacial score (nSPS) is 12.9. The van der Waals surface area contributed by atoms with Gasteiger partial charge in [-0.3, -0.25) is 14.8 Å². The van der Waals surface area contributed by atoms with E-state index in [2.05, 4.69) is 10.3 Å². The summed E-state index contributed by atoms with van der Waals surface area (Å²) in [7, 11) is 0. The number of hydrogen-bond acceptors (Lipinski definition) is 7. The molecule has 1 atom stereocenters. The maximum atomic E-state index is 11.9. The van der Waals surface area contributed by atoms with Gasteiger partial charge in [0.1, 0.15) is 17.9 Å². The molecule has 2 rings (SSSR count). The molecular weight excluding hydrogens is 310 g/mol. The van der Waals surface area contributed by atoms with Gasteiger partial charge >= 0.3 is 11.7 Å². The van der Waals surface area contributed by atoms with Gasteiger partial charge in [-0.15, -0.1) is 11.3 Å². The highest BCUT2D eigenvalue weighted by molar-refractivity contribution is 7.12. The molecule has 2 aromatic heterocycles. The molecule has 2 N–H and O–H groups in total. The first-order valence-corrected chi connectivity index (χ1v) is 7.06. The van der Waals surface area contributed by atoms with Gasteiger partial charge < -0.3 is 10.6 Å². The van der Waals surface area contributed by atoms with Gasteiger partial charge in [0.15, 0.2) is 5.84 Å². The topological polar surface area (TPSA) is 126 Å². The van der Waals surface area contributed by atoms with Crippen LogP contribution in [0.15, 0.2) is 28.9 Å². The van der Waals surface area contributed by atoms with Crippen LogP contribution in [0.1, 0.15) is 23.5 Å². The van der Waals surface area contributed by atoms with Gasteiger partial charge in [0.2, 0.25) is 0 Å². The zero-order valence-corrected chi connectivity index (χ0v) is 12.6. The maximum Gasteiger partial charge on any atom is 0.359 e. The lowest BCUT2D eigenvalue weighted by atomic mass is 10.3. The largest absolute Gasteiger partial charge is 0.380 e. The molecule has 0 amide bonds. The van der Waals surface area contributed by atoms with E-state index < -0.39 is 16.9 Å². The minimum Gasteiger partial charge on any atom is -0.380 e. The number of thiophene rings is 1. The van der Waals surface area contributed by atoms with Crippen LogP contribution in [-0.4, -0.2) is 26.5 Å². The average molecular weight is 323 g/mol. The Morgan fingerprint density at radius 2 is 2.36 bits per heavy atom. The van der Waals surface area contributed by atoms with Gasteiger partial charge in [-0.25, -0.2) is 4.79 Å². The van der Waals surface area contributed by atoms with Gasteiger partial charge in [-0.2, -0.15) is 5.10 Å². The molecule has 0 saturated heterocycles. The Hall–Kier alpha value is -2.75. The summed E-state index contributed by atoms with van der Waals surface area (Å²) in [6.45, 7) is 2.98. The highest BCUT2D eigenvalue weighted by atomic mass is 32.1. The summed E-state index contributed by atoms with van der Waals surface area (Å²) in [4.78, 5) is 27.5. The number of nitro groups is 1. The van der Waals surface area contributed by atoms with Gasteiger partial charge in [0.25, 0.3) is 0 Å². The summed E-state index contributed by atoms with van der Waals surface area (Å²) >= 11 is 1.36. The quantitative estimate of drug-likeness (QED) is 0.293. The number of carbonyl (C=O) groups is 1. The molecule has 2 heterocycles. The summed E-state index contributed by atoms with van der Waals surface area (Å²) in [5.41, 5.74) is 5.71. The third-order valence-corrected chi connectivity index (χ3v) is 3.73. The molecule has 0 saturated carbocycles. The smallest absolute Gasteiger partial charge is 0.359 e. The minimum atomic E-state index is -0.868. The van der Waals surface area contributed by atoms with Crippen molar-refractivity contribution in [3.63, 3.8) is 0 Å². The third kappa shape index (κ3) is 3.28. The van der Waals surface area contributed by atoms with Crippen molar-refractivity contribution in [3.8, 4) is 0 Å². The Bertz CT molecular complexity index is 722. The zero-order valence-electron chi connectivity index (χ0n) is 11.8. The summed E-state index contributed by atoms with van der Waals surface area (Å²) in [6.07, 6.45) is 1.17. The van der Waals surface area contributed by atoms with Crippen molar-refractivity contribution in [3.05, 3.63) is 44.4 Å². The lowest BCUT2D eigenvalue weighted by Gasteiger charge is -2.08. The van der Waals surface area contributed by atoms with E-state index in [0.717, 1.165) is 4.68 Å². The molecule has 22 heavy (non-hydrogen) atoms. The Morgan fingerprint density at radius 1 is 1.64 bits per heavy atom. The van der Waals surface area contributed by atoms with E-state index in [0.29, 0.717) is 4.88 Å². The molecule has 0 bridgehead atoms. The number of nitrogens with two attached hydrogens (primary N) is 1. The van der Waals surface area contributed by atoms with E-state index in [4.69, 9.17) is 10.6 Å². The van der Waals surface area contributed by atoms with Crippen molar-refractivity contribution in [1.29, 1.82) is 0 Å². The second-order valence-corrected chi connectivity index (χ2v) is 5.32. The highest BCUT2D eigenvalue weighted by Gasteiger charge is 2.23. The van der Waals surface area contributed by atoms with Crippen LogP contribution in [0.3, 0.4) is 0 Å². The predicted molar refractivity (Wildman–Crippen MR) is 79.5 cm³/mol. The van der Waals surface area contributed by atoms with E-state index in [9.17, 15) is 14.9 Å². The second-order valence-electron chi connectivity index (χ2n) is 4.38. The molecule has 0 aliphatic rings. The SMILES string of the molecule is Cc1nn(C(C)C(=O)O/N=C(\N)c2cccs2)cc1[N+](=O)[O-]. The van der Waals surface area contributed by atoms with Crippen LogP contribution in [0.2, 0.25) is 0 Å². The molecule has 9 nitrogen and oxygen atoms in total. The van der Waals surface area contributed by atoms with E-state index in [1.807, 2.05) is 5.38 Å². The van der Waals surface area contributed by atoms with Crippen molar-refractivity contribution < 1.29 is 14.6 Å². The van der Waals surface area contributed by atoms with Crippen LogP contribution in [-0.2, 0) is 9.63 Å². The van der Waals surface area contributed by atoms with Gasteiger partial charge in [-0.05, 0) is 25.3 Å². The van der Waals surface area contributed by atoms with E-state index in [-0.39, 0.29) is 17.2 Å². The van der Waals surface area contributed by atoms with Crippen LogP contribution in [0.25, 0.3) is 0 Å². The number of carbonyl (C=O) groups excluding carboxylic acids is 1. The standard InChI is InChI=1S/C12H13N5O4S/c1-7-9(17(19)20)6-16(14-7)8(2)12(18)21-15-11(13)10-4-3-5-22-10/h3-6,8H,1-2H3,(H2,13,15). The number of aryl methyl sites for hydroxylation is 1. The molecule has 0 fully saturated rings. The maximum absolute atomic E-state index is 11.9. The van der Waals surface area contributed by atoms with Crippen LogP contribution in [0.5, 0.6) is 0 Å². The molecule has 116 valence electrons. The molecule has 0 aliphatic carbocycles. The van der Waals surface area contributed by atoms with Crippen molar-refractivity contribution in [1.82, 2.24) is 9.78 Å². The molecular formula is C12H13N5O4S. The monoisotopic (exact) mass is 323 g/mol. The molecule has 2 aromatic rings. The number of amidine groups is 1. The average Bonchev–Trinajstić information content (AvgIpc) is 3.12. The van der Waals surface area contributed by atoms with Gasteiger partial charge in [0, 0.05) is 0 Å². The van der Waals surface area contributed by atoms with Crippen molar-refractivity contribution >= 4 is 28.8 Å². The van der Waals surface area contributed by atoms with Crippen LogP contribution in [0, 0.1) is 17.0 Å². The first kappa shape index (κ1) is 15.6. The van der Waals surface area contributed by atoms with Gasteiger partial charge in [-0.1, -0.05) is 11.2 Å². The molecule has 1 unspecified atom stereocenters. The predicted octanol–water partition coefficient (Wildman–Crippen LogP) is 1.59. The number of aromatic nitrogens is 2. The van der Waals surface area contributed by atoms with Gasteiger partial charge in [0.05, 0.1) is 9.80 Å². The van der Waals surface area contributed by atoms with Crippen molar-refractivity contribution in [2.75, 3.05) is 0 Å². The first-order chi connectivity index (χ1) is 10.4. The molecule has 10 heteroatoms. The van der Waals surface area contributed by atoms with E-state index in [1.54, 1.807) is 12.1 Å². The molecule has 0 aliphatic heterocycles. The van der Waals surface area contributed by atoms with Crippen LogP contribution in [0.4, 0.5) is 5.69 Å².